The molecule has 0 saturated carbocycles. The molecule has 3 aromatic carbocycles. The molecule has 3 heterocycles. The van der Waals surface area contributed by atoms with Gasteiger partial charge in [0.1, 0.15) is 11.3 Å². The molecule has 0 aliphatic heterocycles. The van der Waals surface area contributed by atoms with Gasteiger partial charge in [-0.15, -0.1) is 0 Å². The second-order valence-electron chi connectivity index (χ2n) is 8.73. The molecular weight excluding hydrogens is 378 g/mol. The zero-order valence-electron chi connectivity index (χ0n) is 16.8. The Kier molecular flexibility index (Phi) is 2.74. The molecule has 0 atom stereocenters. The molecule has 0 fully saturated rings. The van der Waals surface area contributed by atoms with E-state index in [1.807, 2.05) is 24.7 Å². The van der Waals surface area contributed by atoms with Gasteiger partial charge in [-0.1, -0.05) is 24.3 Å². The summed E-state index contributed by atoms with van der Waals surface area (Å²) in [5.41, 5.74) is 13.2. The van der Waals surface area contributed by atoms with E-state index in [9.17, 15) is 0 Å². The lowest BCUT2D eigenvalue weighted by atomic mass is 9.96. The van der Waals surface area contributed by atoms with Gasteiger partial charge in [0.25, 0.3) is 0 Å². The van der Waals surface area contributed by atoms with Gasteiger partial charge in [-0.05, 0) is 99.1 Å². The molecule has 8 rings (SSSR count). The van der Waals surface area contributed by atoms with Crippen LogP contribution >= 0.6 is 0 Å². The Morgan fingerprint density at radius 2 is 1.26 bits per heavy atom. The van der Waals surface area contributed by atoms with E-state index >= 15 is 0 Å². The van der Waals surface area contributed by atoms with Gasteiger partial charge in [0.05, 0.1) is 0 Å². The molecular formula is C28H17N3. The van der Waals surface area contributed by atoms with Crippen LogP contribution < -0.4 is 0 Å². The van der Waals surface area contributed by atoms with Gasteiger partial charge in [-0.2, -0.15) is 0 Å². The van der Waals surface area contributed by atoms with Crippen molar-refractivity contribution in [3.8, 4) is 22.3 Å². The van der Waals surface area contributed by atoms with Crippen molar-refractivity contribution in [1.82, 2.24) is 14.4 Å². The summed E-state index contributed by atoms with van der Waals surface area (Å²) in [4.78, 5) is 9.33. The lowest BCUT2D eigenvalue weighted by Gasteiger charge is -2.10. The number of aromatic nitrogens is 3. The van der Waals surface area contributed by atoms with Crippen LogP contribution in [-0.2, 0) is 12.8 Å². The van der Waals surface area contributed by atoms with Crippen LogP contribution in [0.3, 0.4) is 0 Å². The summed E-state index contributed by atoms with van der Waals surface area (Å²) in [7, 11) is 0. The monoisotopic (exact) mass is 395 g/mol. The molecule has 2 aliphatic carbocycles. The highest BCUT2D eigenvalue weighted by atomic mass is 15.0. The van der Waals surface area contributed by atoms with Gasteiger partial charge in [0, 0.05) is 29.4 Å². The predicted octanol–water partition coefficient (Wildman–Crippen LogP) is 6.18. The fourth-order valence-electron chi connectivity index (χ4n) is 5.75. The van der Waals surface area contributed by atoms with Crippen LogP contribution in [0.2, 0.25) is 0 Å². The summed E-state index contributed by atoms with van der Waals surface area (Å²) in [5, 5.41) is 3.61. The van der Waals surface area contributed by atoms with Crippen molar-refractivity contribution in [3.63, 3.8) is 0 Å². The molecule has 144 valence electrons. The summed E-state index contributed by atoms with van der Waals surface area (Å²) in [6.45, 7) is 0. The molecule has 0 unspecified atom stereocenters. The normalized spacial score (nSPS) is 13.5. The van der Waals surface area contributed by atoms with Gasteiger partial charge in [-0.3, -0.25) is 4.40 Å². The average Bonchev–Trinajstić information content (AvgIpc) is 3.51. The van der Waals surface area contributed by atoms with E-state index in [4.69, 9.17) is 0 Å². The quantitative estimate of drug-likeness (QED) is 0.287. The van der Waals surface area contributed by atoms with Crippen molar-refractivity contribution in [2.24, 2.45) is 0 Å². The average molecular weight is 395 g/mol. The first-order valence-electron chi connectivity index (χ1n) is 10.8. The maximum atomic E-state index is 4.67. The molecule has 2 aliphatic rings. The zero-order valence-corrected chi connectivity index (χ0v) is 16.8. The highest BCUT2D eigenvalue weighted by Crippen LogP contribution is 2.46. The number of rotatable bonds is 0. The van der Waals surface area contributed by atoms with Crippen molar-refractivity contribution < 1.29 is 0 Å². The lowest BCUT2D eigenvalue weighted by molar-refractivity contribution is 1.20. The number of fused-ring (bicyclic) bond motifs is 12. The highest BCUT2D eigenvalue weighted by Gasteiger charge is 2.26. The van der Waals surface area contributed by atoms with Crippen molar-refractivity contribution in [2.75, 3.05) is 0 Å². The fourth-order valence-corrected chi connectivity index (χ4v) is 5.75. The number of hydrogen-bond donors (Lipinski definition) is 0. The molecule has 31 heavy (non-hydrogen) atoms. The topological polar surface area (TPSA) is 30.2 Å². The lowest BCUT2D eigenvalue weighted by Crippen LogP contribution is -1.94. The first-order chi connectivity index (χ1) is 15.3. The SMILES string of the molecule is c1ccc2c(c1)Cc1cc3c(cc1-2)Cc1cc2c(cc1-3)c1cccnc1n1ccnc21. The van der Waals surface area contributed by atoms with E-state index in [0.29, 0.717) is 0 Å². The van der Waals surface area contributed by atoms with Gasteiger partial charge < -0.3 is 0 Å². The Labute approximate surface area is 178 Å². The van der Waals surface area contributed by atoms with Crippen molar-refractivity contribution in [3.05, 3.63) is 102 Å². The third-order valence-electron chi connectivity index (χ3n) is 7.12. The zero-order chi connectivity index (χ0) is 20.1. The maximum absolute atomic E-state index is 4.67. The minimum absolute atomic E-state index is 0.963. The van der Waals surface area contributed by atoms with Gasteiger partial charge in [0.15, 0.2) is 0 Å². The Morgan fingerprint density at radius 3 is 2.19 bits per heavy atom. The van der Waals surface area contributed by atoms with E-state index in [1.54, 1.807) is 0 Å². The minimum Gasteiger partial charge on any atom is -0.283 e. The first-order valence-corrected chi connectivity index (χ1v) is 10.8. The van der Waals surface area contributed by atoms with Crippen LogP contribution in [0.25, 0.3) is 49.7 Å². The molecule has 6 aromatic rings. The van der Waals surface area contributed by atoms with Crippen LogP contribution in [0, 0.1) is 0 Å². The van der Waals surface area contributed by atoms with E-state index < -0.39 is 0 Å². The summed E-state index contributed by atoms with van der Waals surface area (Å²) in [6.07, 6.45) is 7.75. The van der Waals surface area contributed by atoms with Gasteiger partial charge in [0.2, 0.25) is 0 Å². The van der Waals surface area contributed by atoms with E-state index in [0.717, 1.165) is 24.1 Å². The number of pyridine rings is 2. The van der Waals surface area contributed by atoms with Crippen molar-refractivity contribution in [1.29, 1.82) is 0 Å². The Bertz CT molecular complexity index is 1740. The molecule has 3 aromatic heterocycles. The van der Waals surface area contributed by atoms with Crippen molar-refractivity contribution in [2.45, 2.75) is 12.8 Å². The largest absolute Gasteiger partial charge is 0.283 e. The van der Waals surface area contributed by atoms with Crippen molar-refractivity contribution >= 4 is 27.5 Å². The molecule has 0 saturated heterocycles. The molecule has 0 spiro atoms. The number of benzene rings is 3. The Balaban J connectivity index is 1.43. The first kappa shape index (κ1) is 15.8. The number of nitrogens with zero attached hydrogens (tertiary/aromatic N) is 3. The third kappa shape index (κ3) is 1.94. The summed E-state index contributed by atoms with van der Waals surface area (Å²) in [6, 6.07) is 22.6. The summed E-state index contributed by atoms with van der Waals surface area (Å²) >= 11 is 0. The highest BCUT2D eigenvalue weighted by molar-refractivity contribution is 6.12. The van der Waals surface area contributed by atoms with Gasteiger partial charge >= 0.3 is 0 Å². The second-order valence-corrected chi connectivity index (χ2v) is 8.73. The fraction of sp³-hybridized carbons (Fsp3) is 0.0714. The smallest absolute Gasteiger partial charge is 0.146 e. The van der Waals surface area contributed by atoms with E-state index in [-0.39, 0.29) is 0 Å². The van der Waals surface area contributed by atoms with E-state index in [2.05, 4.69) is 69.0 Å². The maximum Gasteiger partial charge on any atom is 0.146 e. The molecule has 0 radical (unpaired) electrons. The standard InChI is InChI=1S/C28H17N3/c1-2-5-20-16(4-1)10-17-13-23-18(12-22(17)20)11-19-14-26-25(15-24(19)23)21-6-3-7-29-27(21)31-9-8-30-28(26)31/h1-9,12-15H,10-11H2. The number of hydrogen-bond acceptors (Lipinski definition) is 2. The molecule has 0 N–H and O–H groups in total. The molecule has 3 nitrogen and oxygen atoms in total. The summed E-state index contributed by atoms with van der Waals surface area (Å²) in [5.74, 6) is 0. The predicted molar refractivity (Wildman–Crippen MR) is 124 cm³/mol. The minimum atomic E-state index is 0.963. The summed E-state index contributed by atoms with van der Waals surface area (Å²) < 4.78 is 2.11. The molecule has 0 amide bonds. The van der Waals surface area contributed by atoms with Crippen LogP contribution in [-0.4, -0.2) is 14.4 Å². The van der Waals surface area contributed by atoms with Gasteiger partial charge in [-0.25, -0.2) is 9.97 Å². The van der Waals surface area contributed by atoms with Crippen LogP contribution in [0.4, 0.5) is 0 Å². The molecule has 3 heteroatoms. The third-order valence-corrected chi connectivity index (χ3v) is 7.12. The van der Waals surface area contributed by atoms with Crippen LogP contribution in [0.15, 0.2) is 79.3 Å². The molecule has 0 bridgehead atoms. The Hall–Kier alpha value is -3.98. The second kappa shape index (κ2) is 5.38. The van der Waals surface area contributed by atoms with Crippen LogP contribution in [0.5, 0.6) is 0 Å². The van der Waals surface area contributed by atoms with Crippen LogP contribution in [0.1, 0.15) is 22.3 Å². The van der Waals surface area contributed by atoms with E-state index in [1.165, 1.54) is 60.7 Å². The Morgan fingerprint density at radius 1 is 0.548 bits per heavy atom. The number of imidazole rings is 1.